The summed E-state index contributed by atoms with van der Waals surface area (Å²) in [5, 5.41) is 9.39. The smallest absolute Gasteiger partial charge is 0.349 e. The Labute approximate surface area is 122 Å². The van der Waals surface area contributed by atoms with Crippen LogP contribution >= 0.6 is 0 Å². The van der Waals surface area contributed by atoms with Crippen molar-refractivity contribution in [3.63, 3.8) is 0 Å². The average molecular weight is 284 g/mol. The van der Waals surface area contributed by atoms with E-state index in [1.54, 1.807) is 18.2 Å². The molecule has 0 saturated heterocycles. The van der Waals surface area contributed by atoms with Crippen LogP contribution in [0, 0.1) is 0 Å². The molecule has 0 fully saturated rings. The van der Waals surface area contributed by atoms with Crippen molar-refractivity contribution in [3.8, 4) is 11.5 Å². The number of ether oxygens (including phenoxy) is 2. The van der Waals surface area contributed by atoms with Crippen molar-refractivity contribution in [3.05, 3.63) is 59.7 Å². The number of rotatable bonds is 3. The van der Waals surface area contributed by atoms with Crippen LogP contribution in [0.5, 0.6) is 11.5 Å². The van der Waals surface area contributed by atoms with Crippen LogP contribution < -0.4 is 9.47 Å². The van der Waals surface area contributed by atoms with Crippen LogP contribution in [-0.4, -0.2) is 17.2 Å². The lowest BCUT2D eigenvalue weighted by Gasteiger charge is -2.31. The van der Waals surface area contributed by atoms with E-state index in [0.717, 1.165) is 12.0 Å². The van der Waals surface area contributed by atoms with Gasteiger partial charge < -0.3 is 14.6 Å². The zero-order valence-electron chi connectivity index (χ0n) is 11.7. The molecule has 0 aliphatic carbocycles. The third kappa shape index (κ3) is 2.57. The maximum Gasteiger partial charge on any atom is 0.349 e. The lowest BCUT2D eigenvalue weighted by molar-refractivity contribution is -0.151. The first kappa shape index (κ1) is 13.5. The second-order valence-corrected chi connectivity index (χ2v) is 4.96. The van der Waals surface area contributed by atoms with E-state index in [9.17, 15) is 9.90 Å². The standard InChI is InChI=1S/C17H16O4/c1-2-11-7-9-12(10-8-11)15-16(17(18)19)21-14-6-4-3-5-13(14)20-15/h3-10,15-16H,2H2,1H3,(H,18,19). The maximum absolute atomic E-state index is 11.5. The van der Waals surface area contributed by atoms with Gasteiger partial charge in [0.1, 0.15) is 0 Å². The van der Waals surface area contributed by atoms with Crippen LogP contribution in [-0.2, 0) is 11.2 Å². The summed E-state index contributed by atoms with van der Waals surface area (Å²) in [6, 6.07) is 14.9. The van der Waals surface area contributed by atoms with Crippen LogP contribution in [0.1, 0.15) is 24.2 Å². The molecular formula is C17H16O4. The zero-order chi connectivity index (χ0) is 14.8. The first-order chi connectivity index (χ1) is 10.2. The van der Waals surface area contributed by atoms with Crippen molar-refractivity contribution < 1.29 is 19.4 Å². The molecule has 2 aromatic carbocycles. The maximum atomic E-state index is 11.5. The van der Waals surface area contributed by atoms with Gasteiger partial charge in [0, 0.05) is 0 Å². The second-order valence-electron chi connectivity index (χ2n) is 4.96. The SMILES string of the molecule is CCc1ccc(C2Oc3ccccc3OC2C(=O)O)cc1. The number of para-hydroxylation sites is 2. The van der Waals surface area contributed by atoms with Gasteiger partial charge in [0.2, 0.25) is 6.10 Å². The Kier molecular flexibility index (Phi) is 3.52. The van der Waals surface area contributed by atoms with E-state index in [0.29, 0.717) is 11.5 Å². The molecule has 4 nitrogen and oxygen atoms in total. The van der Waals surface area contributed by atoms with Crippen LogP contribution in [0.25, 0.3) is 0 Å². The molecule has 4 heteroatoms. The monoisotopic (exact) mass is 284 g/mol. The van der Waals surface area contributed by atoms with Gasteiger partial charge in [0.05, 0.1) is 0 Å². The van der Waals surface area contributed by atoms with Gasteiger partial charge in [-0.25, -0.2) is 4.79 Å². The van der Waals surface area contributed by atoms with E-state index < -0.39 is 18.2 Å². The van der Waals surface area contributed by atoms with E-state index in [-0.39, 0.29) is 0 Å². The molecular weight excluding hydrogens is 268 g/mol. The number of aryl methyl sites for hydroxylation is 1. The fourth-order valence-electron chi connectivity index (χ4n) is 2.41. The number of carboxylic acids is 1. The highest BCUT2D eigenvalue weighted by Crippen LogP contribution is 2.39. The molecule has 108 valence electrons. The molecule has 0 bridgehead atoms. The van der Waals surface area contributed by atoms with Crippen LogP contribution in [0.3, 0.4) is 0 Å². The molecule has 1 N–H and O–H groups in total. The summed E-state index contributed by atoms with van der Waals surface area (Å²) >= 11 is 0. The van der Waals surface area contributed by atoms with Crippen molar-refractivity contribution >= 4 is 5.97 Å². The molecule has 0 saturated carbocycles. The highest BCUT2D eigenvalue weighted by Gasteiger charge is 2.38. The zero-order valence-corrected chi connectivity index (χ0v) is 11.7. The van der Waals surface area contributed by atoms with Gasteiger partial charge in [-0.05, 0) is 29.7 Å². The Hall–Kier alpha value is -2.49. The molecule has 0 amide bonds. The molecule has 1 aliphatic rings. The number of aliphatic carboxylic acids is 1. The van der Waals surface area contributed by atoms with E-state index in [4.69, 9.17) is 9.47 Å². The van der Waals surface area contributed by atoms with Gasteiger partial charge in [-0.15, -0.1) is 0 Å². The number of hydrogen-bond acceptors (Lipinski definition) is 3. The largest absolute Gasteiger partial charge is 0.478 e. The lowest BCUT2D eigenvalue weighted by Crippen LogP contribution is -2.39. The Morgan fingerprint density at radius 3 is 2.24 bits per heavy atom. The minimum Gasteiger partial charge on any atom is -0.478 e. The fourth-order valence-corrected chi connectivity index (χ4v) is 2.41. The summed E-state index contributed by atoms with van der Waals surface area (Å²) in [6.07, 6.45) is -0.760. The first-order valence-electron chi connectivity index (χ1n) is 6.93. The molecule has 2 atom stereocenters. The van der Waals surface area contributed by atoms with Crippen LogP contribution in [0.15, 0.2) is 48.5 Å². The van der Waals surface area contributed by atoms with E-state index in [1.807, 2.05) is 30.3 Å². The normalized spacial score (nSPS) is 20.0. The lowest BCUT2D eigenvalue weighted by atomic mass is 10.0. The molecule has 2 aromatic rings. The Bertz CT molecular complexity index is 648. The Balaban J connectivity index is 1.96. The van der Waals surface area contributed by atoms with Gasteiger partial charge >= 0.3 is 5.97 Å². The number of hydrogen-bond donors (Lipinski definition) is 1. The number of carbonyl (C=O) groups is 1. The number of fused-ring (bicyclic) bond motifs is 1. The molecule has 1 aliphatic heterocycles. The van der Waals surface area contributed by atoms with Gasteiger partial charge in [0.25, 0.3) is 0 Å². The predicted molar refractivity (Wildman–Crippen MR) is 77.7 cm³/mol. The Morgan fingerprint density at radius 1 is 1.05 bits per heavy atom. The van der Waals surface area contributed by atoms with Crippen LogP contribution in [0.4, 0.5) is 0 Å². The van der Waals surface area contributed by atoms with Gasteiger partial charge in [-0.1, -0.05) is 43.3 Å². The third-order valence-corrected chi connectivity index (χ3v) is 3.59. The minimum absolute atomic E-state index is 0.464. The predicted octanol–water partition coefficient (Wildman–Crippen LogP) is 3.21. The van der Waals surface area contributed by atoms with Gasteiger partial charge in [0.15, 0.2) is 17.6 Å². The fraction of sp³-hybridized carbons (Fsp3) is 0.235. The minimum atomic E-state index is -1.05. The molecule has 21 heavy (non-hydrogen) atoms. The third-order valence-electron chi connectivity index (χ3n) is 3.59. The molecule has 0 spiro atoms. The molecule has 3 rings (SSSR count). The summed E-state index contributed by atoms with van der Waals surface area (Å²) < 4.78 is 11.5. The number of benzene rings is 2. The average Bonchev–Trinajstić information content (AvgIpc) is 2.53. The van der Waals surface area contributed by atoms with Crippen molar-refractivity contribution in [2.45, 2.75) is 25.6 Å². The first-order valence-corrected chi connectivity index (χ1v) is 6.93. The highest BCUT2D eigenvalue weighted by molar-refractivity contribution is 5.74. The number of carboxylic acid groups (broad SMARTS) is 1. The highest BCUT2D eigenvalue weighted by atomic mass is 16.6. The van der Waals surface area contributed by atoms with E-state index >= 15 is 0 Å². The van der Waals surface area contributed by atoms with Crippen molar-refractivity contribution in [2.24, 2.45) is 0 Å². The van der Waals surface area contributed by atoms with Crippen molar-refractivity contribution in [2.75, 3.05) is 0 Å². The quantitative estimate of drug-likeness (QED) is 0.940. The second kappa shape index (κ2) is 5.48. The summed E-state index contributed by atoms with van der Waals surface area (Å²) in [4.78, 5) is 11.5. The van der Waals surface area contributed by atoms with Gasteiger partial charge in [-0.3, -0.25) is 0 Å². The summed E-state index contributed by atoms with van der Waals surface area (Å²) in [5.74, 6) is -0.0000301. The van der Waals surface area contributed by atoms with Gasteiger partial charge in [-0.2, -0.15) is 0 Å². The summed E-state index contributed by atoms with van der Waals surface area (Å²) in [6.45, 7) is 2.07. The molecule has 1 heterocycles. The topological polar surface area (TPSA) is 55.8 Å². The Morgan fingerprint density at radius 2 is 1.67 bits per heavy atom. The summed E-state index contributed by atoms with van der Waals surface area (Å²) in [5.41, 5.74) is 2.00. The van der Waals surface area contributed by atoms with Crippen molar-refractivity contribution in [1.82, 2.24) is 0 Å². The summed E-state index contributed by atoms with van der Waals surface area (Å²) in [7, 11) is 0. The molecule has 0 radical (unpaired) electrons. The van der Waals surface area contributed by atoms with E-state index in [1.165, 1.54) is 5.56 Å². The van der Waals surface area contributed by atoms with Crippen LogP contribution in [0.2, 0.25) is 0 Å². The molecule has 0 aromatic heterocycles. The van der Waals surface area contributed by atoms with E-state index in [2.05, 4.69) is 6.92 Å². The molecule has 2 unspecified atom stereocenters. The van der Waals surface area contributed by atoms with Crippen molar-refractivity contribution in [1.29, 1.82) is 0 Å².